The first-order valence-corrected chi connectivity index (χ1v) is 8.86. The molecule has 3 aliphatic heterocycles. The molecule has 0 N–H and O–H groups in total. The molecule has 0 aromatic heterocycles. The van der Waals surface area contributed by atoms with E-state index in [9.17, 15) is 4.79 Å². The van der Waals surface area contributed by atoms with Gasteiger partial charge in [0.2, 0.25) is 5.91 Å². The molecule has 4 rings (SSSR count). The van der Waals surface area contributed by atoms with Crippen LogP contribution in [0.2, 0.25) is 0 Å². The molecule has 0 aromatic carbocycles. The maximum Gasteiger partial charge on any atom is 0.222 e. The molecule has 0 spiro atoms. The van der Waals surface area contributed by atoms with Crippen LogP contribution in [0.4, 0.5) is 0 Å². The minimum absolute atomic E-state index is 0.455. The van der Waals surface area contributed by atoms with Crippen LogP contribution >= 0.6 is 0 Å². The summed E-state index contributed by atoms with van der Waals surface area (Å²) in [5.74, 6) is 2.06. The van der Waals surface area contributed by atoms with Crippen molar-refractivity contribution in [2.45, 2.75) is 69.9 Å². The molecular formula is C17H28N2O. The number of hydrogen-bond donors (Lipinski definition) is 0. The van der Waals surface area contributed by atoms with Gasteiger partial charge in [0.05, 0.1) is 0 Å². The second-order valence-electron chi connectivity index (χ2n) is 7.50. The second kappa shape index (κ2) is 5.32. The van der Waals surface area contributed by atoms with Crippen molar-refractivity contribution >= 4 is 5.91 Å². The third kappa shape index (κ3) is 2.18. The van der Waals surface area contributed by atoms with Crippen LogP contribution in [0, 0.1) is 11.8 Å². The molecule has 3 heterocycles. The molecule has 20 heavy (non-hydrogen) atoms. The van der Waals surface area contributed by atoms with Gasteiger partial charge in [-0.05, 0) is 69.9 Å². The number of piperidine rings is 1. The predicted molar refractivity (Wildman–Crippen MR) is 79.4 cm³/mol. The summed E-state index contributed by atoms with van der Waals surface area (Å²) < 4.78 is 0. The zero-order chi connectivity index (χ0) is 13.5. The predicted octanol–water partition coefficient (Wildman–Crippen LogP) is 2.65. The molecule has 3 nitrogen and oxygen atoms in total. The average Bonchev–Trinajstić information content (AvgIpc) is 2.84. The number of carbonyl (C=O) groups is 1. The Morgan fingerprint density at radius 2 is 1.60 bits per heavy atom. The molecule has 0 radical (unpaired) electrons. The summed E-state index contributed by atoms with van der Waals surface area (Å²) in [6.45, 7) is 3.71. The number of amides is 1. The number of rotatable bonds is 1. The summed E-state index contributed by atoms with van der Waals surface area (Å²) in [6.07, 6.45) is 11.5. The highest BCUT2D eigenvalue weighted by atomic mass is 16.2. The van der Waals surface area contributed by atoms with Crippen LogP contribution in [0.5, 0.6) is 0 Å². The molecule has 4 aliphatic rings. The van der Waals surface area contributed by atoms with Crippen molar-refractivity contribution < 1.29 is 4.79 Å². The van der Waals surface area contributed by atoms with E-state index >= 15 is 0 Å². The Hall–Kier alpha value is -0.570. The summed E-state index contributed by atoms with van der Waals surface area (Å²) in [6, 6.07) is 1.45. The normalized spacial score (nSPS) is 42.4. The molecule has 4 atom stereocenters. The zero-order valence-corrected chi connectivity index (χ0v) is 12.6. The fraction of sp³-hybridized carbons (Fsp3) is 0.941. The van der Waals surface area contributed by atoms with Gasteiger partial charge in [-0.15, -0.1) is 0 Å². The quantitative estimate of drug-likeness (QED) is 0.735. The van der Waals surface area contributed by atoms with Crippen molar-refractivity contribution in [2.75, 3.05) is 19.6 Å². The molecule has 1 amide bonds. The smallest absolute Gasteiger partial charge is 0.222 e. The van der Waals surface area contributed by atoms with Gasteiger partial charge < -0.3 is 9.80 Å². The number of nitrogens with zero attached hydrogens (tertiary/aromatic N) is 2. The average molecular weight is 276 g/mol. The van der Waals surface area contributed by atoms with E-state index in [1.54, 1.807) is 0 Å². The molecule has 4 fully saturated rings. The largest absolute Gasteiger partial charge is 0.339 e. The highest BCUT2D eigenvalue weighted by Gasteiger charge is 2.48. The Labute approximate surface area is 122 Å². The Kier molecular flexibility index (Phi) is 3.49. The van der Waals surface area contributed by atoms with Gasteiger partial charge in [-0.2, -0.15) is 0 Å². The summed E-state index contributed by atoms with van der Waals surface area (Å²) >= 11 is 0. The Balaban J connectivity index is 1.51. The van der Waals surface area contributed by atoms with E-state index in [4.69, 9.17) is 0 Å². The standard InChI is InChI=1S/C17H28N2O/c20-16-6-4-5-13-11-15(18-8-2-1-3-9-18)12-14-7-10-19(16)17(13)14/h13-15,17H,1-12H2/t13-,14+,15?,17-/m1/s1. The summed E-state index contributed by atoms with van der Waals surface area (Å²) in [7, 11) is 0. The van der Waals surface area contributed by atoms with Gasteiger partial charge >= 0.3 is 0 Å². The third-order valence-electron chi connectivity index (χ3n) is 6.41. The minimum Gasteiger partial charge on any atom is -0.339 e. The van der Waals surface area contributed by atoms with Crippen molar-refractivity contribution in [3.8, 4) is 0 Å². The first-order valence-electron chi connectivity index (χ1n) is 8.86. The van der Waals surface area contributed by atoms with E-state index in [0.717, 1.165) is 37.3 Å². The van der Waals surface area contributed by atoms with Crippen LogP contribution < -0.4 is 0 Å². The van der Waals surface area contributed by atoms with Gasteiger partial charge in [0.25, 0.3) is 0 Å². The Morgan fingerprint density at radius 3 is 2.40 bits per heavy atom. The third-order valence-corrected chi connectivity index (χ3v) is 6.41. The van der Waals surface area contributed by atoms with E-state index in [2.05, 4.69) is 9.80 Å². The van der Waals surface area contributed by atoms with Gasteiger partial charge in [0, 0.05) is 25.0 Å². The molecule has 3 saturated heterocycles. The van der Waals surface area contributed by atoms with Crippen molar-refractivity contribution in [1.29, 1.82) is 0 Å². The molecule has 0 bridgehead atoms. The zero-order valence-electron chi connectivity index (χ0n) is 12.6. The van der Waals surface area contributed by atoms with E-state index in [-0.39, 0.29) is 0 Å². The van der Waals surface area contributed by atoms with Gasteiger partial charge in [0.15, 0.2) is 0 Å². The lowest BCUT2D eigenvalue weighted by Crippen LogP contribution is -2.50. The number of carbonyl (C=O) groups excluding carboxylic acids is 1. The molecule has 1 unspecified atom stereocenters. The monoisotopic (exact) mass is 276 g/mol. The topological polar surface area (TPSA) is 23.6 Å². The van der Waals surface area contributed by atoms with E-state index in [1.165, 1.54) is 58.0 Å². The molecular weight excluding hydrogens is 248 g/mol. The van der Waals surface area contributed by atoms with E-state index in [1.807, 2.05) is 0 Å². The minimum atomic E-state index is 0.455. The lowest BCUT2D eigenvalue weighted by Gasteiger charge is -2.45. The fourth-order valence-corrected chi connectivity index (χ4v) is 5.53. The van der Waals surface area contributed by atoms with Crippen LogP contribution in [0.15, 0.2) is 0 Å². The van der Waals surface area contributed by atoms with Gasteiger partial charge in [-0.25, -0.2) is 0 Å². The van der Waals surface area contributed by atoms with Gasteiger partial charge in [-0.3, -0.25) is 4.79 Å². The van der Waals surface area contributed by atoms with E-state index in [0.29, 0.717) is 11.9 Å². The SMILES string of the molecule is O=C1CCC[C@@H]2CC(N3CCCCC3)C[C@@H]3CCN1[C@H]23. The van der Waals surface area contributed by atoms with Crippen molar-refractivity contribution in [2.24, 2.45) is 11.8 Å². The number of likely N-dealkylation sites (tertiary alicyclic amines) is 1. The first kappa shape index (κ1) is 13.1. The fourth-order valence-electron chi connectivity index (χ4n) is 5.53. The Morgan fingerprint density at radius 1 is 0.850 bits per heavy atom. The summed E-state index contributed by atoms with van der Waals surface area (Å²) in [5, 5.41) is 0. The highest BCUT2D eigenvalue weighted by molar-refractivity contribution is 5.77. The highest BCUT2D eigenvalue weighted by Crippen LogP contribution is 2.45. The van der Waals surface area contributed by atoms with Crippen molar-refractivity contribution in [1.82, 2.24) is 9.80 Å². The van der Waals surface area contributed by atoms with Crippen LogP contribution in [0.25, 0.3) is 0 Å². The van der Waals surface area contributed by atoms with Crippen LogP contribution in [0.3, 0.4) is 0 Å². The van der Waals surface area contributed by atoms with Crippen molar-refractivity contribution in [3.63, 3.8) is 0 Å². The lowest BCUT2D eigenvalue weighted by molar-refractivity contribution is -0.133. The van der Waals surface area contributed by atoms with Crippen LogP contribution in [0.1, 0.15) is 57.8 Å². The second-order valence-corrected chi connectivity index (χ2v) is 7.50. The summed E-state index contributed by atoms with van der Waals surface area (Å²) in [5.41, 5.74) is 0. The van der Waals surface area contributed by atoms with Crippen LogP contribution in [-0.4, -0.2) is 47.4 Å². The first-order chi connectivity index (χ1) is 9.83. The maximum absolute atomic E-state index is 12.2. The summed E-state index contributed by atoms with van der Waals surface area (Å²) in [4.78, 5) is 17.3. The van der Waals surface area contributed by atoms with Crippen molar-refractivity contribution in [3.05, 3.63) is 0 Å². The van der Waals surface area contributed by atoms with Gasteiger partial charge in [-0.1, -0.05) is 6.42 Å². The molecule has 1 aliphatic carbocycles. The van der Waals surface area contributed by atoms with Gasteiger partial charge in [0.1, 0.15) is 0 Å². The number of hydrogen-bond acceptors (Lipinski definition) is 2. The molecule has 0 aromatic rings. The lowest BCUT2D eigenvalue weighted by atomic mass is 9.73. The Bertz CT molecular complexity index is 377. The van der Waals surface area contributed by atoms with E-state index < -0.39 is 0 Å². The molecule has 1 saturated carbocycles. The molecule has 3 heteroatoms. The van der Waals surface area contributed by atoms with Crippen LogP contribution in [-0.2, 0) is 4.79 Å². The molecule has 112 valence electrons. The maximum atomic E-state index is 12.2.